The summed E-state index contributed by atoms with van der Waals surface area (Å²) in [5.41, 5.74) is 4.04. The second kappa shape index (κ2) is 11.3. The molecule has 0 spiro atoms. The summed E-state index contributed by atoms with van der Waals surface area (Å²) in [6.45, 7) is 4.88. The molecule has 1 fully saturated rings. The van der Waals surface area contributed by atoms with Crippen molar-refractivity contribution in [2.45, 2.75) is 45.6 Å². The van der Waals surface area contributed by atoms with Crippen LogP contribution in [0.15, 0.2) is 42.6 Å². The van der Waals surface area contributed by atoms with Gasteiger partial charge in [0.2, 0.25) is 0 Å². The molecule has 0 radical (unpaired) electrons. The van der Waals surface area contributed by atoms with Crippen LogP contribution < -0.4 is 14.4 Å². The van der Waals surface area contributed by atoms with Gasteiger partial charge in [0.25, 0.3) is 0 Å². The van der Waals surface area contributed by atoms with E-state index in [9.17, 15) is 9.90 Å². The van der Waals surface area contributed by atoms with E-state index in [0.29, 0.717) is 37.6 Å². The highest BCUT2D eigenvalue weighted by molar-refractivity contribution is 5.93. The van der Waals surface area contributed by atoms with E-state index < -0.39 is 0 Å². The lowest BCUT2D eigenvalue weighted by atomic mass is 10.1. The predicted octanol–water partition coefficient (Wildman–Crippen LogP) is 5.11. The lowest BCUT2D eigenvalue weighted by Gasteiger charge is -2.35. The maximum atomic E-state index is 13.4. The van der Waals surface area contributed by atoms with E-state index in [1.807, 2.05) is 40.3 Å². The zero-order valence-electron chi connectivity index (χ0n) is 20.2. The number of carbonyl (C=O) groups excluding carboxylic acids is 1. The molecule has 0 aliphatic carbocycles. The van der Waals surface area contributed by atoms with Crippen LogP contribution in [0.5, 0.6) is 11.5 Å². The second-order valence-electron chi connectivity index (χ2n) is 8.77. The number of fused-ring (bicyclic) bond motifs is 1. The minimum atomic E-state index is -0.000370. The molecule has 2 heterocycles. The van der Waals surface area contributed by atoms with E-state index in [1.54, 1.807) is 7.11 Å². The smallest absolute Gasteiger partial charge is 0.324 e. The summed E-state index contributed by atoms with van der Waals surface area (Å²) in [5.74, 6) is 1.36. The number of aromatic amines is 1. The van der Waals surface area contributed by atoms with Gasteiger partial charge in [0.1, 0.15) is 0 Å². The van der Waals surface area contributed by atoms with E-state index in [-0.39, 0.29) is 12.6 Å². The number of rotatable bonds is 11. The van der Waals surface area contributed by atoms with Crippen molar-refractivity contribution in [2.75, 3.05) is 38.3 Å². The van der Waals surface area contributed by atoms with E-state index >= 15 is 0 Å². The molecule has 2 N–H and O–H groups in total. The summed E-state index contributed by atoms with van der Waals surface area (Å²) in [6, 6.07) is 11.9. The molecule has 3 aromatic rings. The van der Waals surface area contributed by atoms with Crippen LogP contribution in [0.2, 0.25) is 0 Å². The molecule has 7 heteroatoms. The van der Waals surface area contributed by atoms with Crippen LogP contribution in [-0.4, -0.2) is 54.4 Å². The predicted molar refractivity (Wildman–Crippen MR) is 135 cm³/mol. The highest BCUT2D eigenvalue weighted by atomic mass is 16.5. The second-order valence-corrected chi connectivity index (χ2v) is 8.77. The topological polar surface area (TPSA) is 78.0 Å². The zero-order valence-corrected chi connectivity index (χ0v) is 20.2. The van der Waals surface area contributed by atoms with Crippen LogP contribution in [0, 0.1) is 0 Å². The molecule has 0 saturated carbocycles. The van der Waals surface area contributed by atoms with Gasteiger partial charge in [0, 0.05) is 55.1 Å². The van der Waals surface area contributed by atoms with Crippen LogP contribution in [0.1, 0.15) is 43.7 Å². The highest BCUT2D eigenvalue weighted by Crippen LogP contribution is 2.33. The average Bonchev–Trinajstić information content (AvgIpc) is 3.25. The van der Waals surface area contributed by atoms with Crippen LogP contribution >= 0.6 is 0 Å². The molecular formula is C27H35N3O4. The van der Waals surface area contributed by atoms with Crippen molar-refractivity contribution < 1.29 is 19.4 Å². The SMILES string of the molecule is CCCCCOc1cc(N2CCCN(Cc3c[nH]c4cc(CCO)ccc34)C2=O)ccc1OC. The normalized spacial score (nSPS) is 14.1. The number of urea groups is 1. The van der Waals surface area contributed by atoms with Gasteiger partial charge in [-0.25, -0.2) is 4.79 Å². The Kier molecular flexibility index (Phi) is 7.95. The number of amides is 2. The summed E-state index contributed by atoms with van der Waals surface area (Å²) in [6.07, 6.45) is 6.77. The van der Waals surface area contributed by atoms with Gasteiger partial charge in [-0.2, -0.15) is 0 Å². The first-order valence-corrected chi connectivity index (χ1v) is 12.2. The molecule has 1 aromatic heterocycles. The number of H-pyrrole nitrogens is 1. The van der Waals surface area contributed by atoms with Crippen LogP contribution in [0.25, 0.3) is 10.9 Å². The van der Waals surface area contributed by atoms with Crippen molar-refractivity contribution in [1.82, 2.24) is 9.88 Å². The number of anilines is 1. The Morgan fingerprint density at radius 2 is 1.97 bits per heavy atom. The van der Waals surface area contributed by atoms with Gasteiger partial charge in [-0.05, 0) is 48.6 Å². The Morgan fingerprint density at radius 1 is 1.09 bits per heavy atom. The molecule has 0 unspecified atom stereocenters. The summed E-state index contributed by atoms with van der Waals surface area (Å²) >= 11 is 0. The number of carbonyl (C=O) groups is 1. The van der Waals surface area contributed by atoms with Crippen LogP contribution in [0.4, 0.5) is 10.5 Å². The van der Waals surface area contributed by atoms with Gasteiger partial charge in [-0.3, -0.25) is 4.90 Å². The van der Waals surface area contributed by atoms with Crippen LogP contribution in [0.3, 0.4) is 0 Å². The zero-order chi connectivity index (χ0) is 23.9. The average molecular weight is 466 g/mol. The fourth-order valence-corrected chi connectivity index (χ4v) is 4.50. The number of unbranched alkanes of at least 4 members (excludes halogenated alkanes) is 2. The number of methoxy groups -OCH3 is 1. The number of aliphatic hydroxyl groups is 1. The van der Waals surface area contributed by atoms with E-state index in [1.165, 1.54) is 0 Å². The van der Waals surface area contributed by atoms with Gasteiger partial charge in [0.15, 0.2) is 11.5 Å². The number of ether oxygens (including phenoxy) is 2. The summed E-state index contributed by atoms with van der Waals surface area (Å²) in [7, 11) is 1.63. The van der Waals surface area contributed by atoms with Crippen molar-refractivity contribution >= 4 is 22.6 Å². The van der Waals surface area contributed by atoms with Gasteiger partial charge >= 0.3 is 6.03 Å². The first-order chi connectivity index (χ1) is 16.6. The van der Waals surface area contributed by atoms with E-state index in [4.69, 9.17) is 9.47 Å². The lowest BCUT2D eigenvalue weighted by Crippen LogP contribution is -2.49. The van der Waals surface area contributed by atoms with Crippen molar-refractivity contribution in [1.29, 1.82) is 0 Å². The fraction of sp³-hybridized carbons (Fsp3) is 0.444. The maximum Gasteiger partial charge on any atom is 0.324 e. The van der Waals surface area contributed by atoms with Crippen molar-refractivity contribution in [3.05, 3.63) is 53.7 Å². The van der Waals surface area contributed by atoms with E-state index in [0.717, 1.165) is 59.9 Å². The number of nitrogens with zero attached hydrogens (tertiary/aromatic N) is 2. The Balaban J connectivity index is 1.49. The number of nitrogens with one attached hydrogen (secondary N) is 1. The highest BCUT2D eigenvalue weighted by Gasteiger charge is 2.28. The third-order valence-corrected chi connectivity index (χ3v) is 6.37. The molecule has 1 saturated heterocycles. The van der Waals surface area contributed by atoms with Gasteiger partial charge in [-0.1, -0.05) is 31.9 Å². The Hall–Kier alpha value is -3.19. The monoisotopic (exact) mass is 465 g/mol. The van der Waals surface area contributed by atoms with Crippen molar-refractivity contribution in [2.24, 2.45) is 0 Å². The number of hydrogen-bond acceptors (Lipinski definition) is 4. The summed E-state index contributed by atoms with van der Waals surface area (Å²) in [5, 5.41) is 10.3. The molecule has 2 aromatic carbocycles. The van der Waals surface area contributed by atoms with Crippen LogP contribution in [-0.2, 0) is 13.0 Å². The summed E-state index contributed by atoms with van der Waals surface area (Å²) < 4.78 is 11.5. The quantitative estimate of drug-likeness (QED) is 0.386. The number of aromatic nitrogens is 1. The number of aliphatic hydroxyl groups excluding tert-OH is 1. The first kappa shape index (κ1) is 24.0. The summed E-state index contributed by atoms with van der Waals surface area (Å²) in [4.78, 5) is 20.5. The Morgan fingerprint density at radius 3 is 2.76 bits per heavy atom. The Bertz CT molecular complexity index is 1110. The molecular weight excluding hydrogens is 430 g/mol. The lowest BCUT2D eigenvalue weighted by molar-refractivity contribution is 0.192. The molecule has 182 valence electrons. The molecule has 2 amide bonds. The van der Waals surface area contributed by atoms with Gasteiger partial charge < -0.3 is 24.5 Å². The maximum absolute atomic E-state index is 13.4. The molecule has 1 aliphatic heterocycles. The minimum Gasteiger partial charge on any atom is -0.493 e. The molecule has 4 rings (SSSR count). The molecule has 0 atom stereocenters. The van der Waals surface area contributed by atoms with Gasteiger partial charge in [-0.15, -0.1) is 0 Å². The minimum absolute atomic E-state index is 0.000370. The van der Waals surface area contributed by atoms with Gasteiger partial charge in [0.05, 0.1) is 13.7 Å². The largest absolute Gasteiger partial charge is 0.493 e. The standard InChI is InChI=1S/C27H35N3O4/c1-3-4-5-15-34-26-17-22(8-10-25(26)33-2)30-13-6-12-29(27(30)32)19-21-18-28-24-16-20(11-14-31)7-9-23(21)24/h7-10,16-18,28,31H,3-6,11-15,19H2,1-2H3. The first-order valence-electron chi connectivity index (χ1n) is 12.2. The van der Waals surface area contributed by atoms with Crippen molar-refractivity contribution in [3.63, 3.8) is 0 Å². The third-order valence-electron chi connectivity index (χ3n) is 6.37. The number of hydrogen-bond donors (Lipinski definition) is 2. The molecule has 1 aliphatic rings. The Labute approximate surface area is 201 Å². The molecule has 0 bridgehead atoms. The molecule has 7 nitrogen and oxygen atoms in total. The third kappa shape index (κ3) is 5.30. The van der Waals surface area contributed by atoms with Crippen molar-refractivity contribution in [3.8, 4) is 11.5 Å². The number of benzene rings is 2. The fourth-order valence-electron chi connectivity index (χ4n) is 4.50. The molecule has 34 heavy (non-hydrogen) atoms. The van der Waals surface area contributed by atoms with E-state index in [2.05, 4.69) is 24.0 Å².